The van der Waals surface area contributed by atoms with Gasteiger partial charge >= 0.3 is 0 Å². The monoisotopic (exact) mass is 290 g/mol. The minimum atomic E-state index is -2.07. The lowest BCUT2D eigenvalue weighted by Crippen LogP contribution is -2.19. The highest BCUT2D eigenvalue weighted by Crippen LogP contribution is 2.33. The summed E-state index contributed by atoms with van der Waals surface area (Å²) in [6, 6.07) is 15.3. The van der Waals surface area contributed by atoms with Crippen molar-refractivity contribution in [3.8, 4) is 0 Å². The van der Waals surface area contributed by atoms with Crippen LogP contribution in [0.3, 0.4) is 0 Å². The van der Waals surface area contributed by atoms with Crippen molar-refractivity contribution in [2.45, 2.75) is 19.3 Å². The first-order valence-corrected chi connectivity index (χ1v) is 7.34. The van der Waals surface area contributed by atoms with Crippen molar-refractivity contribution in [2.24, 2.45) is 0 Å². The van der Waals surface area contributed by atoms with Crippen molar-refractivity contribution in [1.29, 1.82) is 0 Å². The fraction of sp³-hybridized carbons (Fsp3) is 0.200. The molecule has 0 heterocycles. The van der Waals surface area contributed by atoms with E-state index in [1.807, 2.05) is 42.5 Å². The highest BCUT2D eigenvalue weighted by molar-refractivity contribution is 7.80. The minimum absolute atomic E-state index is 0.220. The van der Waals surface area contributed by atoms with E-state index in [9.17, 15) is 4.21 Å². The molecule has 4 nitrogen and oxygen atoms in total. The molecule has 1 atom stereocenters. The third kappa shape index (κ3) is 3.18. The highest BCUT2D eigenvalue weighted by atomic mass is 32.2. The van der Waals surface area contributed by atoms with Gasteiger partial charge in [0.15, 0.2) is 0 Å². The zero-order valence-electron chi connectivity index (χ0n) is 11.5. The average molecular weight is 290 g/mol. The second-order valence-corrected chi connectivity index (χ2v) is 5.88. The molecule has 2 aromatic carbocycles. The summed E-state index contributed by atoms with van der Waals surface area (Å²) in [4.78, 5) is 0. The van der Waals surface area contributed by atoms with E-state index in [0.717, 1.165) is 16.8 Å². The van der Waals surface area contributed by atoms with Gasteiger partial charge in [-0.1, -0.05) is 38.1 Å². The summed E-state index contributed by atoms with van der Waals surface area (Å²) < 4.78 is 22.2. The molecule has 0 spiro atoms. The van der Waals surface area contributed by atoms with Gasteiger partial charge < -0.3 is 5.73 Å². The van der Waals surface area contributed by atoms with Gasteiger partial charge in [-0.15, -0.1) is 0 Å². The summed E-state index contributed by atoms with van der Waals surface area (Å²) in [5, 5.41) is 0. The molecule has 0 saturated heterocycles. The first-order chi connectivity index (χ1) is 9.39. The molecule has 0 aliphatic carbocycles. The van der Waals surface area contributed by atoms with Crippen LogP contribution in [0.1, 0.15) is 25.0 Å². The Balaban J connectivity index is 2.38. The van der Waals surface area contributed by atoms with Crippen LogP contribution < -0.4 is 10.5 Å². The molecule has 20 heavy (non-hydrogen) atoms. The van der Waals surface area contributed by atoms with E-state index in [2.05, 4.69) is 18.6 Å². The van der Waals surface area contributed by atoms with Gasteiger partial charge in [-0.2, -0.15) is 0 Å². The lowest BCUT2D eigenvalue weighted by atomic mass is 9.78. The molecule has 0 radical (unpaired) electrons. The van der Waals surface area contributed by atoms with Crippen molar-refractivity contribution < 1.29 is 8.76 Å². The summed E-state index contributed by atoms with van der Waals surface area (Å²) in [5.74, 6) is 0. The van der Waals surface area contributed by atoms with E-state index in [4.69, 9.17) is 10.3 Å². The maximum atomic E-state index is 10.8. The quantitative estimate of drug-likeness (QED) is 0.598. The molecule has 0 aromatic heterocycles. The fourth-order valence-corrected chi connectivity index (χ4v) is 2.47. The van der Waals surface area contributed by atoms with E-state index < -0.39 is 11.3 Å². The van der Waals surface area contributed by atoms with Gasteiger partial charge in [0.25, 0.3) is 11.3 Å². The number of nitrogens with one attached hydrogen (secondary N) is 1. The molecular weight excluding hydrogens is 272 g/mol. The number of anilines is 2. The summed E-state index contributed by atoms with van der Waals surface area (Å²) >= 11 is -2.07. The van der Waals surface area contributed by atoms with E-state index in [1.54, 1.807) is 6.07 Å². The van der Waals surface area contributed by atoms with Crippen LogP contribution in [0.4, 0.5) is 11.4 Å². The van der Waals surface area contributed by atoms with Crippen LogP contribution in [0.25, 0.3) is 0 Å². The molecule has 4 N–H and O–H groups in total. The Labute approximate surface area is 121 Å². The van der Waals surface area contributed by atoms with Crippen LogP contribution in [-0.2, 0) is 16.7 Å². The summed E-state index contributed by atoms with van der Waals surface area (Å²) in [6.07, 6.45) is 0. The molecule has 0 amide bonds. The van der Waals surface area contributed by atoms with Crippen molar-refractivity contribution in [1.82, 2.24) is 0 Å². The Morgan fingerprint density at radius 1 is 1.10 bits per heavy atom. The van der Waals surface area contributed by atoms with Crippen LogP contribution in [0.2, 0.25) is 0 Å². The molecule has 0 bridgehead atoms. The zero-order valence-corrected chi connectivity index (χ0v) is 12.3. The van der Waals surface area contributed by atoms with Crippen LogP contribution >= 0.6 is 0 Å². The first-order valence-electron chi connectivity index (χ1n) is 6.23. The van der Waals surface area contributed by atoms with Gasteiger partial charge in [-0.3, -0.25) is 9.27 Å². The lowest BCUT2D eigenvalue weighted by Gasteiger charge is -2.26. The van der Waals surface area contributed by atoms with Gasteiger partial charge in [0, 0.05) is 16.8 Å². The van der Waals surface area contributed by atoms with Gasteiger partial charge in [-0.05, 0) is 35.4 Å². The van der Waals surface area contributed by atoms with E-state index in [-0.39, 0.29) is 5.41 Å². The van der Waals surface area contributed by atoms with Crippen LogP contribution in [0.5, 0.6) is 0 Å². The molecule has 1 unspecified atom stereocenters. The largest absolute Gasteiger partial charge is 0.399 e. The second-order valence-electron chi connectivity index (χ2n) is 5.18. The third-order valence-electron chi connectivity index (χ3n) is 3.42. The van der Waals surface area contributed by atoms with Crippen molar-refractivity contribution in [3.63, 3.8) is 0 Å². The van der Waals surface area contributed by atoms with Gasteiger partial charge in [-0.25, -0.2) is 4.21 Å². The van der Waals surface area contributed by atoms with Gasteiger partial charge in [0.1, 0.15) is 0 Å². The number of nitrogens with two attached hydrogens (primary N) is 1. The SMILES string of the molecule is CC(C)(c1ccc(N)cc1)c1cccc(NS(=O)O)c1. The van der Waals surface area contributed by atoms with Crippen molar-refractivity contribution in [3.05, 3.63) is 59.7 Å². The Kier molecular flexibility index (Phi) is 4.11. The van der Waals surface area contributed by atoms with E-state index >= 15 is 0 Å². The number of nitrogen functional groups attached to an aromatic ring is 1. The first kappa shape index (κ1) is 14.6. The Morgan fingerprint density at radius 2 is 1.75 bits per heavy atom. The topological polar surface area (TPSA) is 75.3 Å². The lowest BCUT2D eigenvalue weighted by molar-refractivity contribution is 0.570. The molecule has 0 saturated carbocycles. The standard InChI is InChI=1S/C15H18N2O2S/c1-15(2,11-6-8-13(16)9-7-11)12-4-3-5-14(10-12)17-20(18)19/h3-10,17H,16H2,1-2H3,(H,18,19). The molecule has 0 aliphatic heterocycles. The predicted octanol–water partition coefficient (Wildman–Crippen LogP) is 3.14. The Morgan fingerprint density at radius 3 is 2.35 bits per heavy atom. The molecule has 5 heteroatoms. The summed E-state index contributed by atoms with van der Waals surface area (Å²) in [6.45, 7) is 4.21. The number of hydrogen-bond acceptors (Lipinski definition) is 2. The number of rotatable bonds is 4. The molecule has 2 aromatic rings. The molecular formula is C15H18N2O2S. The fourth-order valence-electron chi connectivity index (χ4n) is 2.14. The molecule has 0 fully saturated rings. The molecule has 0 aliphatic rings. The normalized spacial score (nSPS) is 12.9. The number of benzene rings is 2. The number of hydrogen-bond donors (Lipinski definition) is 3. The molecule has 2 rings (SSSR count). The highest BCUT2D eigenvalue weighted by Gasteiger charge is 2.23. The van der Waals surface area contributed by atoms with Crippen molar-refractivity contribution >= 4 is 22.6 Å². The van der Waals surface area contributed by atoms with E-state index in [0.29, 0.717) is 5.69 Å². The maximum Gasteiger partial charge on any atom is 0.259 e. The maximum absolute atomic E-state index is 10.8. The van der Waals surface area contributed by atoms with Crippen molar-refractivity contribution in [2.75, 3.05) is 10.5 Å². The third-order valence-corrected chi connectivity index (χ3v) is 3.83. The summed E-state index contributed by atoms with van der Waals surface area (Å²) in [5.41, 5.74) is 9.03. The van der Waals surface area contributed by atoms with Crippen LogP contribution in [0.15, 0.2) is 48.5 Å². The van der Waals surface area contributed by atoms with Crippen LogP contribution in [-0.4, -0.2) is 8.76 Å². The smallest absolute Gasteiger partial charge is 0.259 e. The van der Waals surface area contributed by atoms with Gasteiger partial charge in [0.2, 0.25) is 0 Å². The van der Waals surface area contributed by atoms with Gasteiger partial charge in [0.05, 0.1) is 0 Å². The van der Waals surface area contributed by atoms with Crippen LogP contribution in [0, 0.1) is 0 Å². The zero-order chi connectivity index (χ0) is 14.8. The Hall–Kier alpha value is -1.85. The second kappa shape index (κ2) is 5.64. The predicted molar refractivity (Wildman–Crippen MR) is 83.8 cm³/mol. The molecule has 106 valence electrons. The Bertz CT molecular complexity index is 624. The average Bonchev–Trinajstić information content (AvgIpc) is 2.39. The minimum Gasteiger partial charge on any atom is -0.399 e. The van der Waals surface area contributed by atoms with E-state index in [1.165, 1.54) is 0 Å². The summed E-state index contributed by atoms with van der Waals surface area (Å²) in [7, 11) is 0.